The van der Waals surface area contributed by atoms with Crippen molar-refractivity contribution in [1.29, 1.82) is 0 Å². The van der Waals surface area contributed by atoms with Crippen LogP contribution in [0.4, 0.5) is 4.39 Å². The molecule has 0 radical (unpaired) electrons. The molecule has 0 saturated carbocycles. The van der Waals surface area contributed by atoms with Crippen molar-refractivity contribution in [2.24, 2.45) is 0 Å². The van der Waals surface area contributed by atoms with Gasteiger partial charge >= 0.3 is 5.97 Å². The van der Waals surface area contributed by atoms with E-state index < -0.39 is 11.8 Å². The molecule has 0 aliphatic heterocycles. The maximum atomic E-state index is 13.5. The SMILES string of the molecule is CCOC(=O)c1c(I)ccc(Br)c1F. The van der Waals surface area contributed by atoms with Gasteiger partial charge in [-0.1, -0.05) is 0 Å². The van der Waals surface area contributed by atoms with Crippen molar-refractivity contribution in [1.82, 2.24) is 0 Å². The molecule has 1 rings (SSSR count). The second-order valence-electron chi connectivity index (χ2n) is 2.44. The summed E-state index contributed by atoms with van der Waals surface area (Å²) in [6, 6.07) is 3.21. The zero-order valence-electron chi connectivity index (χ0n) is 7.31. The van der Waals surface area contributed by atoms with Crippen LogP contribution in [0.1, 0.15) is 17.3 Å². The van der Waals surface area contributed by atoms with E-state index in [1.807, 2.05) is 22.6 Å². The predicted molar refractivity (Wildman–Crippen MR) is 62.8 cm³/mol. The summed E-state index contributed by atoms with van der Waals surface area (Å²) in [7, 11) is 0. The van der Waals surface area contributed by atoms with Gasteiger partial charge in [-0.3, -0.25) is 0 Å². The van der Waals surface area contributed by atoms with E-state index in [2.05, 4.69) is 15.9 Å². The van der Waals surface area contributed by atoms with Gasteiger partial charge in [0.2, 0.25) is 0 Å². The van der Waals surface area contributed by atoms with Gasteiger partial charge in [0.15, 0.2) is 5.82 Å². The number of carbonyl (C=O) groups is 1. The minimum absolute atomic E-state index is 0.0122. The maximum absolute atomic E-state index is 13.5. The number of rotatable bonds is 2. The average Bonchev–Trinajstić information content (AvgIpc) is 2.13. The molecule has 0 bridgehead atoms. The van der Waals surface area contributed by atoms with Gasteiger partial charge in [-0.05, 0) is 57.6 Å². The summed E-state index contributed by atoms with van der Waals surface area (Å²) in [5.41, 5.74) is -0.0122. The molecule has 0 aliphatic carbocycles. The lowest BCUT2D eigenvalue weighted by molar-refractivity contribution is 0.0519. The van der Waals surface area contributed by atoms with Crippen LogP contribution in [-0.4, -0.2) is 12.6 Å². The number of ether oxygens (including phenoxy) is 1. The standard InChI is InChI=1S/C9H7BrFIO2/c1-2-14-9(13)7-6(12)4-3-5(10)8(7)11/h3-4H,2H2,1H3. The predicted octanol–water partition coefficient (Wildman–Crippen LogP) is 3.37. The van der Waals surface area contributed by atoms with E-state index >= 15 is 0 Å². The third-order valence-electron chi connectivity index (χ3n) is 1.52. The molecule has 1 aromatic carbocycles. The maximum Gasteiger partial charge on any atom is 0.342 e. The number of hydrogen-bond donors (Lipinski definition) is 0. The van der Waals surface area contributed by atoms with E-state index in [1.165, 1.54) is 0 Å². The van der Waals surface area contributed by atoms with Gasteiger partial charge < -0.3 is 4.74 Å². The number of esters is 1. The minimum Gasteiger partial charge on any atom is -0.462 e. The van der Waals surface area contributed by atoms with Crippen molar-refractivity contribution in [3.8, 4) is 0 Å². The van der Waals surface area contributed by atoms with Crippen molar-refractivity contribution < 1.29 is 13.9 Å². The summed E-state index contributed by atoms with van der Waals surface area (Å²) in [5.74, 6) is -1.20. The first-order valence-corrected chi connectivity index (χ1v) is 5.75. The summed E-state index contributed by atoms with van der Waals surface area (Å²) in [5, 5.41) is 0. The lowest BCUT2D eigenvalue weighted by atomic mass is 10.2. The van der Waals surface area contributed by atoms with Gasteiger partial charge in [0.05, 0.1) is 11.1 Å². The number of halogens is 3. The van der Waals surface area contributed by atoms with Crippen LogP contribution < -0.4 is 0 Å². The Labute approximate surface area is 103 Å². The van der Waals surface area contributed by atoms with Crippen molar-refractivity contribution in [2.45, 2.75) is 6.92 Å². The molecule has 5 heteroatoms. The monoisotopic (exact) mass is 372 g/mol. The van der Waals surface area contributed by atoms with Crippen LogP contribution in [-0.2, 0) is 4.74 Å². The van der Waals surface area contributed by atoms with Crippen LogP contribution in [0.25, 0.3) is 0 Å². The van der Waals surface area contributed by atoms with Gasteiger partial charge in [0.25, 0.3) is 0 Å². The molecule has 0 aliphatic rings. The number of carbonyl (C=O) groups excluding carboxylic acids is 1. The summed E-state index contributed by atoms with van der Waals surface area (Å²) in [6.45, 7) is 1.92. The smallest absolute Gasteiger partial charge is 0.342 e. The Kier molecular flexibility index (Phi) is 4.31. The second kappa shape index (κ2) is 5.06. The summed E-state index contributed by atoms with van der Waals surface area (Å²) in [6.07, 6.45) is 0. The first-order chi connectivity index (χ1) is 6.57. The van der Waals surface area contributed by atoms with E-state index in [0.717, 1.165) is 0 Å². The first kappa shape index (κ1) is 11.9. The number of benzene rings is 1. The molecule has 14 heavy (non-hydrogen) atoms. The molecule has 0 heterocycles. The molecule has 0 aromatic heterocycles. The van der Waals surface area contributed by atoms with Gasteiger partial charge in [-0.2, -0.15) is 0 Å². The fourth-order valence-electron chi connectivity index (χ4n) is 0.917. The van der Waals surface area contributed by atoms with E-state index in [4.69, 9.17) is 4.74 Å². The largest absolute Gasteiger partial charge is 0.462 e. The highest BCUT2D eigenvalue weighted by Crippen LogP contribution is 2.24. The lowest BCUT2D eigenvalue weighted by Crippen LogP contribution is -2.09. The summed E-state index contributed by atoms with van der Waals surface area (Å²) < 4.78 is 19.0. The molecule has 0 spiro atoms. The molecule has 0 atom stereocenters. The second-order valence-corrected chi connectivity index (χ2v) is 4.46. The molecule has 76 valence electrons. The van der Waals surface area contributed by atoms with Crippen LogP contribution >= 0.6 is 38.5 Å². The van der Waals surface area contributed by atoms with Crippen molar-refractivity contribution in [2.75, 3.05) is 6.61 Å². The topological polar surface area (TPSA) is 26.3 Å². The van der Waals surface area contributed by atoms with Crippen LogP contribution in [0.15, 0.2) is 16.6 Å². The van der Waals surface area contributed by atoms with E-state index in [-0.39, 0.29) is 16.6 Å². The van der Waals surface area contributed by atoms with Gasteiger partial charge in [-0.15, -0.1) is 0 Å². The van der Waals surface area contributed by atoms with Crippen molar-refractivity contribution in [3.05, 3.63) is 31.6 Å². The molecule has 0 saturated heterocycles. The zero-order valence-corrected chi connectivity index (χ0v) is 11.1. The van der Waals surface area contributed by atoms with Crippen molar-refractivity contribution >= 4 is 44.5 Å². The molecule has 0 fully saturated rings. The quantitative estimate of drug-likeness (QED) is 0.452. The van der Waals surface area contributed by atoms with Crippen LogP contribution in [0.2, 0.25) is 0 Å². The Hall–Kier alpha value is -0.170. The van der Waals surface area contributed by atoms with Gasteiger partial charge in [0, 0.05) is 3.57 Å². The Bertz CT molecular complexity index is 368. The normalized spacial score (nSPS) is 10.0. The van der Waals surface area contributed by atoms with Gasteiger partial charge in [0.1, 0.15) is 5.56 Å². The van der Waals surface area contributed by atoms with Crippen LogP contribution in [0.3, 0.4) is 0 Å². The zero-order chi connectivity index (χ0) is 10.7. The third kappa shape index (κ3) is 2.44. The lowest BCUT2D eigenvalue weighted by Gasteiger charge is -2.06. The fraction of sp³-hybridized carbons (Fsp3) is 0.222. The summed E-state index contributed by atoms with van der Waals surface area (Å²) in [4.78, 5) is 11.4. The number of hydrogen-bond acceptors (Lipinski definition) is 2. The van der Waals surface area contributed by atoms with Crippen LogP contribution in [0, 0.1) is 9.39 Å². The Morgan fingerprint density at radius 2 is 2.29 bits per heavy atom. The molecule has 0 N–H and O–H groups in total. The third-order valence-corrected chi connectivity index (χ3v) is 3.03. The average molecular weight is 373 g/mol. The molecule has 0 amide bonds. The van der Waals surface area contributed by atoms with E-state index in [1.54, 1.807) is 19.1 Å². The Balaban J connectivity index is 3.18. The Morgan fingerprint density at radius 3 is 2.86 bits per heavy atom. The van der Waals surface area contributed by atoms with Gasteiger partial charge in [-0.25, -0.2) is 9.18 Å². The minimum atomic E-state index is -0.629. The molecule has 1 aromatic rings. The summed E-state index contributed by atoms with van der Waals surface area (Å²) >= 11 is 4.91. The highest BCUT2D eigenvalue weighted by molar-refractivity contribution is 14.1. The van der Waals surface area contributed by atoms with Crippen molar-refractivity contribution in [3.63, 3.8) is 0 Å². The molecular weight excluding hydrogens is 366 g/mol. The highest BCUT2D eigenvalue weighted by atomic mass is 127. The fourth-order valence-corrected chi connectivity index (χ4v) is 1.88. The highest BCUT2D eigenvalue weighted by Gasteiger charge is 2.18. The van der Waals surface area contributed by atoms with Crippen LogP contribution in [0.5, 0.6) is 0 Å². The molecular formula is C9H7BrFIO2. The Morgan fingerprint density at radius 1 is 1.64 bits per heavy atom. The molecule has 0 unspecified atom stereocenters. The molecule has 2 nitrogen and oxygen atoms in total. The first-order valence-electron chi connectivity index (χ1n) is 3.88. The van der Waals surface area contributed by atoms with E-state index in [0.29, 0.717) is 3.57 Å². The van der Waals surface area contributed by atoms with E-state index in [9.17, 15) is 9.18 Å².